The summed E-state index contributed by atoms with van der Waals surface area (Å²) in [6.07, 6.45) is 3.16. The minimum atomic E-state index is -0.557. The van der Waals surface area contributed by atoms with Crippen LogP contribution in [0.25, 0.3) is 0 Å². The number of pyridine rings is 1. The molecule has 1 heterocycles. The van der Waals surface area contributed by atoms with Crippen molar-refractivity contribution in [3.63, 3.8) is 0 Å². The third kappa shape index (κ3) is 2.41. The zero-order valence-corrected chi connectivity index (χ0v) is 11.2. The van der Waals surface area contributed by atoms with E-state index in [1.807, 2.05) is 0 Å². The molecule has 0 fully saturated rings. The molecule has 0 aliphatic rings. The van der Waals surface area contributed by atoms with Gasteiger partial charge in [0.1, 0.15) is 5.82 Å². The molecule has 2 aromatic rings. The van der Waals surface area contributed by atoms with Crippen molar-refractivity contribution in [3.05, 3.63) is 58.6 Å². The van der Waals surface area contributed by atoms with E-state index in [1.54, 1.807) is 43.7 Å². The minimum Gasteiger partial charge on any atom is -0.310 e. The van der Waals surface area contributed by atoms with Gasteiger partial charge in [-0.1, -0.05) is 6.07 Å². The summed E-state index contributed by atoms with van der Waals surface area (Å²) in [6.45, 7) is 0. The number of carbonyl (C=O) groups is 1. The van der Waals surface area contributed by atoms with Gasteiger partial charge in [-0.15, -0.1) is 0 Å². The fraction of sp³-hybridized carbons (Fsp3) is 0.0769. The first-order valence-electron chi connectivity index (χ1n) is 5.23. The van der Waals surface area contributed by atoms with Crippen LogP contribution >= 0.6 is 15.9 Å². The van der Waals surface area contributed by atoms with E-state index in [4.69, 9.17) is 0 Å². The molecule has 0 spiro atoms. The highest BCUT2D eigenvalue weighted by Gasteiger charge is 2.18. The lowest BCUT2D eigenvalue weighted by Gasteiger charge is -2.17. The molecule has 3 nitrogen and oxygen atoms in total. The van der Waals surface area contributed by atoms with Crippen LogP contribution in [0.4, 0.5) is 10.1 Å². The van der Waals surface area contributed by atoms with E-state index in [-0.39, 0.29) is 10.0 Å². The van der Waals surface area contributed by atoms with Gasteiger partial charge in [0, 0.05) is 13.2 Å². The molecule has 5 heteroatoms. The Hall–Kier alpha value is -1.75. The molecule has 0 bridgehead atoms. The van der Waals surface area contributed by atoms with E-state index in [9.17, 15) is 9.18 Å². The molecule has 0 aliphatic heterocycles. The van der Waals surface area contributed by atoms with Crippen LogP contribution in [-0.4, -0.2) is 17.9 Å². The first kappa shape index (κ1) is 12.7. The summed E-state index contributed by atoms with van der Waals surface area (Å²) in [7, 11) is 1.58. The molecule has 0 saturated heterocycles. The standard InChI is InChI=1S/C13H10BrFN2O/c1-17(9-4-3-7-16-8-9)13(18)10-5-2-6-11(14)12(10)15/h2-8H,1H3. The number of carbonyl (C=O) groups excluding carboxylic acids is 1. The molecule has 1 aromatic carbocycles. The lowest BCUT2D eigenvalue weighted by Crippen LogP contribution is -2.27. The summed E-state index contributed by atoms with van der Waals surface area (Å²) in [4.78, 5) is 17.4. The molecular formula is C13H10BrFN2O. The van der Waals surface area contributed by atoms with Crippen LogP contribution in [0.15, 0.2) is 47.2 Å². The van der Waals surface area contributed by atoms with E-state index in [1.165, 1.54) is 11.0 Å². The summed E-state index contributed by atoms with van der Waals surface area (Å²) in [6, 6.07) is 8.08. The van der Waals surface area contributed by atoms with Gasteiger partial charge in [-0.05, 0) is 40.2 Å². The second-order valence-electron chi connectivity index (χ2n) is 3.68. The summed E-state index contributed by atoms with van der Waals surface area (Å²) in [5.41, 5.74) is 0.637. The first-order valence-corrected chi connectivity index (χ1v) is 6.02. The van der Waals surface area contributed by atoms with E-state index in [0.29, 0.717) is 5.69 Å². The van der Waals surface area contributed by atoms with Crippen molar-refractivity contribution in [1.29, 1.82) is 0 Å². The Bertz CT molecular complexity index is 574. The summed E-state index contributed by atoms with van der Waals surface area (Å²) < 4.78 is 14.1. The predicted molar refractivity (Wildman–Crippen MR) is 71.1 cm³/mol. The van der Waals surface area contributed by atoms with Gasteiger partial charge in [-0.2, -0.15) is 0 Å². The highest BCUT2D eigenvalue weighted by atomic mass is 79.9. The zero-order valence-electron chi connectivity index (χ0n) is 9.60. The molecule has 0 radical (unpaired) electrons. The number of hydrogen-bond donors (Lipinski definition) is 0. The van der Waals surface area contributed by atoms with Crippen LogP contribution in [0.5, 0.6) is 0 Å². The average Bonchev–Trinajstić information content (AvgIpc) is 2.41. The quantitative estimate of drug-likeness (QED) is 0.853. The van der Waals surface area contributed by atoms with Crippen molar-refractivity contribution < 1.29 is 9.18 Å². The van der Waals surface area contributed by atoms with Crippen LogP contribution < -0.4 is 4.90 Å². The Morgan fingerprint density at radius 3 is 2.78 bits per heavy atom. The van der Waals surface area contributed by atoms with Crippen LogP contribution in [0.2, 0.25) is 0 Å². The summed E-state index contributed by atoms with van der Waals surface area (Å²) >= 11 is 3.06. The third-order valence-corrected chi connectivity index (χ3v) is 3.13. The van der Waals surface area contributed by atoms with E-state index < -0.39 is 11.7 Å². The van der Waals surface area contributed by atoms with E-state index in [2.05, 4.69) is 20.9 Å². The SMILES string of the molecule is CN(C(=O)c1cccc(Br)c1F)c1cccnc1. The van der Waals surface area contributed by atoms with Gasteiger partial charge in [-0.3, -0.25) is 9.78 Å². The smallest absolute Gasteiger partial charge is 0.261 e. The maximum atomic E-state index is 13.8. The summed E-state index contributed by atoms with van der Waals surface area (Å²) in [5.74, 6) is -0.972. The highest BCUT2D eigenvalue weighted by Crippen LogP contribution is 2.21. The van der Waals surface area contributed by atoms with Crippen molar-refractivity contribution in [2.24, 2.45) is 0 Å². The van der Waals surface area contributed by atoms with Crippen molar-refractivity contribution in [3.8, 4) is 0 Å². The molecule has 0 unspecified atom stereocenters. The van der Waals surface area contributed by atoms with Crippen LogP contribution in [0.3, 0.4) is 0 Å². The Labute approximate surface area is 112 Å². The lowest BCUT2D eigenvalue weighted by molar-refractivity contribution is 0.0989. The van der Waals surface area contributed by atoms with Gasteiger partial charge < -0.3 is 4.90 Å². The van der Waals surface area contributed by atoms with Crippen LogP contribution in [0, 0.1) is 5.82 Å². The van der Waals surface area contributed by atoms with E-state index >= 15 is 0 Å². The van der Waals surface area contributed by atoms with Crippen molar-refractivity contribution in [1.82, 2.24) is 4.98 Å². The van der Waals surface area contributed by atoms with Gasteiger partial charge >= 0.3 is 0 Å². The fourth-order valence-electron chi connectivity index (χ4n) is 1.52. The van der Waals surface area contributed by atoms with Gasteiger partial charge in [0.05, 0.1) is 21.9 Å². The molecule has 0 N–H and O–H groups in total. The summed E-state index contributed by atoms with van der Waals surface area (Å²) in [5, 5.41) is 0. The Morgan fingerprint density at radius 1 is 1.33 bits per heavy atom. The molecule has 0 saturated carbocycles. The second-order valence-corrected chi connectivity index (χ2v) is 4.53. The van der Waals surface area contributed by atoms with Crippen molar-refractivity contribution in [2.45, 2.75) is 0 Å². The van der Waals surface area contributed by atoms with Gasteiger partial charge in [0.15, 0.2) is 0 Å². The molecular weight excluding hydrogens is 299 g/mol. The Balaban J connectivity index is 2.35. The van der Waals surface area contributed by atoms with Gasteiger partial charge in [-0.25, -0.2) is 4.39 Å². The number of benzene rings is 1. The zero-order chi connectivity index (χ0) is 13.1. The highest BCUT2D eigenvalue weighted by molar-refractivity contribution is 9.10. The molecule has 1 amide bonds. The van der Waals surface area contributed by atoms with Crippen molar-refractivity contribution >= 4 is 27.5 Å². The number of halogens is 2. The van der Waals surface area contributed by atoms with Crippen LogP contribution in [0.1, 0.15) is 10.4 Å². The Morgan fingerprint density at radius 2 is 2.11 bits per heavy atom. The monoisotopic (exact) mass is 308 g/mol. The van der Waals surface area contributed by atoms with Crippen molar-refractivity contribution in [2.75, 3.05) is 11.9 Å². The lowest BCUT2D eigenvalue weighted by atomic mass is 10.2. The molecule has 92 valence electrons. The first-order chi connectivity index (χ1) is 8.61. The number of aromatic nitrogens is 1. The second kappa shape index (κ2) is 5.27. The maximum Gasteiger partial charge on any atom is 0.261 e. The average molecular weight is 309 g/mol. The molecule has 0 aliphatic carbocycles. The number of amides is 1. The molecule has 0 atom stereocenters. The molecule has 2 rings (SSSR count). The molecule has 18 heavy (non-hydrogen) atoms. The fourth-order valence-corrected chi connectivity index (χ4v) is 1.89. The number of rotatable bonds is 2. The number of nitrogens with zero attached hydrogens (tertiary/aromatic N) is 2. The molecule has 1 aromatic heterocycles. The normalized spacial score (nSPS) is 10.2. The largest absolute Gasteiger partial charge is 0.310 e. The number of anilines is 1. The number of hydrogen-bond acceptors (Lipinski definition) is 2. The van der Waals surface area contributed by atoms with Gasteiger partial charge in [0.2, 0.25) is 0 Å². The maximum absolute atomic E-state index is 13.8. The topological polar surface area (TPSA) is 33.2 Å². The third-order valence-electron chi connectivity index (χ3n) is 2.52. The Kier molecular flexibility index (Phi) is 3.72. The predicted octanol–water partition coefficient (Wildman–Crippen LogP) is 3.26. The van der Waals surface area contributed by atoms with E-state index in [0.717, 1.165) is 0 Å². The minimum absolute atomic E-state index is 0.0238. The van der Waals surface area contributed by atoms with Crippen LogP contribution in [-0.2, 0) is 0 Å². The van der Waals surface area contributed by atoms with Gasteiger partial charge in [0.25, 0.3) is 5.91 Å².